The number of rotatable bonds is 4. The number of nitrogens with zero attached hydrogens (tertiary/aromatic N) is 1. The van der Waals surface area contributed by atoms with Gasteiger partial charge in [-0.15, -0.1) is 0 Å². The lowest BCUT2D eigenvalue weighted by Gasteiger charge is -2.33. The Morgan fingerprint density at radius 3 is 2.41 bits per heavy atom. The maximum Gasteiger partial charge on any atom is 0.0434 e. The van der Waals surface area contributed by atoms with Gasteiger partial charge in [0.25, 0.3) is 0 Å². The summed E-state index contributed by atoms with van der Waals surface area (Å²) >= 11 is 11.5. The highest BCUT2D eigenvalue weighted by molar-refractivity contribution is 6.36. The van der Waals surface area contributed by atoms with E-state index in [-0.39, 0.29) is 5.54 Å². The highest BCUT2D eigenvalue weighted by Crippen LogP contribution is 2.19. The van der Waals surface area contributed by atoms with E-state index in [0.717, 1.165) is 37.1 Å². The lowest BCUT2D eigenvalue weighted by molar-refractivity contribution is 0.190. The van der Waals surface area contributed by atoms with E-state index in [9.17, 15) is 0 Å². The van der Waals surface area contributed by atoms with Gasteiger partial charge in [-0.3, -0.25) is 4.90 Å². The van der Waals surface area contributed by atoms with Gasteiger partial charge >= 0.3 is 0 Å². The van der Waals surface area contributed by atoms with Crippen molar-refractivity contribution in [1.29, 1.82) is 0 Å². The van der Waals surface area contributed by atoms with Crippen LogP contribution in [0.15, 0.2) is 10.6 Å². The van der Waals surface area contributed by atoms with E-state index in [2.05, 4.69) is 31.0 Å². The van der Waals surface area contributed by atoms with Crippen molar-refractivity contribution in [3.05, 3.63) is 10.6 Å². The third-order valence-electron chi connectivity index (χ3n) is 3.12. The molecule has 1 heterocycles. The number of hydrogen-bond donors (Lipinski definition) is 1. The van der Waals surface area contributed by atoms with Crippen LogP contribution in [0.3, 0.4) is 0 Å². The van der Waals surface area contributed by atoms with E-state index < -0.39 is 0 Å². The quantitative estimate of drug-likeness (QED) is 0.848. The molecule has 0 aromatic heterocycles. The summed E-state index contributed by atoms with van der Waals surface area (Å²) in [5.74, 6) is 0.796. The highest BCUT2D eigenvalue weighted by Gasteiger charge is 2.20. The maximum absolute atomic E-state index is 5.93. The molecule has 17 heavy (non-hydrogen) atoms. The molecule has 1 rings (SSSR count). The summed E-state index contributed by atoms with van der Waals surface area (Å²) in [6.07, 6.45) is 2.49. The van der Waals surface area contributed by atoms with Crippen LogP contribution in [0.4, 0.5) is 0 Å². The average Bonchev–Trinajstić information content (AvgIpc) is 2.27. The van der Waals surface area contributed by atoms with E-state index in [1.165, 1.54) is 18.4 Å². The van der Waals surface area contributed by atoms with E-state index in [1.807, 2.05) is 0 Å². The fourth-order valence-corrected chi connectivity index (χ4v) is 2.29. The van der Waals surface area contributed by atoms with Crippen molar-refractivity contribution in [2.75, 3.05) is 26.2 Å². The van der Waals surface area contributed by atoms with Crippen LogP contribution in [0.5, 0.6) is 0 Å². The molecule has 0 aromatic rings. The first-order valence-electron chi connectivity index (χ1n) is 6.33. The third kappa shape index (κ3) is 6.66. The van der Waals surface area contributed by atoms with E-state index in [0.29, 0.717) is 0 Å². The molecule has 1 aliphatic rings. The Kier molecular flexibility index (Phi) is 6.28. The molecule has 0 unspecified atom stereocenters. The Balaban J connectivity index is 2.22. The second-order valence-electron chi connectivity index (χ2n) is 5.91. The summed E-state index contributed by atoms with van der Waals surface area (Å²) in [6.45, 7) is 10.8. The number of piperidine rings is 1. The largest absolute Gasteiger partial charge is 0.312 e. The summed E-state index contributed by atoms with van der Waals surface area (Å²) in [5.41, 5.74) is 1.69. The molecular formula is C13H24Cl2N2. The van der Waals surface area contributed by atoms with Gasteiger partial charge in [-0.2, -0.15) is 0 Å². The van der Waals surface area contributed by atoms with Crippen molar-refractivity contribution in [2.45, 2.75) is 39.2 Å². The van der Waals surface area contributed by atoms with Crippen molar-refractivity contribution in [3.8, 4) is 0 Å². The zero-order valence-electron chi connectivity index (χ0n) is 11.1. The molecule has 1 N–H and O–H groups in total. The fraction of sp³-hybridized carbons (Fsp3) is 0.846. The molecule has 2 nitrogen and oxygen atoms in total. The first kappa shape index (κ1) is 15.3. The second-order valence-corrected chi connectivity index (χ2v) is 6.61. The van der Waals surface area contributed by atoms with Crippen LogP contribution in [0, 0.1) is 5.92 Å². The van der Waals surface area contributed by atoms with Crippen LogP contribution in [0.25, 0.3) is 0 Å². The Bertz CT molecular complexity index is 251. The average molecular weight is 279 g/mol. The van der Waals surface area contributed by atoms with Crippen LogP contribution in [-0.4, -0.2) is 36.6 Å². The zero-order chi connectivity index (χ0) is 12.9. The van der Waals surface area contributed by atoms with Gasteiger partial charge in [0.05, 0.1) is 0 Å². The summed E-state index contributed by atoms with van der Waals surface area (Å²) in [6, 6.07) is 0. The molecular weight excluding hydrogens is 255 g/mol. The first-order chi connectivity index (χ1) is 7.90. The first-order valence-corrected chi connectivity index (χ1v) is 7.14. The predicted octanol–water partition coefficient (Wildman–Crippen LogP) is 3.41. The lowest BCUT2D eigenvalue weighted by atomic mass is 9.95. The van der Waals surface area contributed by atoms with Crippen LogP contribution in [0.2, 0.25) is 0 Å². The van der Waals surface area contributed by atoms with Crippen molar-refractivity contribution in [2.24, 2.45) is 5.92 Å². The molecule has 0 atom stereocenters. The SMILES string of the molecule is CC(C)(C)NCC1CCN(CC(Cl)=CCl)CC1. The molecule has 0 saturated carbocycles. The standard InChI is InChI=1S/C13H24Cl2N2/c1-13(2,3)16-9-11-4-6-17(7-5-11)10-12(15)8-14/h8,11,16H,4-7,9-10H2,1-3H3. The molecule has 4 heteroatoms. The van der Waals surface area contributed by atoms with E-state index in [4.69, 9.17) is 23.2 Å². The predicted molar refractivity (Wildman–Crippen MR) is 76.7 cm³/mol. The number of hydrogen-bond acceptors (Lipinski definition) is 2. The lowest BCUT2D eigenvalue weighted by Crippen LogP contribution is -2.43. The second kappa shape index (κ2) is 6.98. The smallest absolute Gasteiger partial charge is 0.0434 e. The molecule has 0 radical (unpaired) electrons. The molecule has 1 saturated heterocycles. The van der Waals surface area contributed by atoms with E-state index >= 15 is 0 Å². The summed E-state index contributed by atoms with van der Waals surface area (Å²) in [5, 5.41) is 4.32. The minimum absolute atomic E-state index is 0.224. The molecule has 0 amide bonds. The Hall–Kier alpha value is 0.240. The van der Waals surface area contributed by atoms with Crippen LogP contribution in [-0.2, 0) is 0 Å². The molecule has 0 aromatic carbocycles. The van der Waals surface area contributed by atoms with Crippen molar-refractivity contribution < 1.29 is 0 Å². The van der Waals surface area contributed by atoms with E-state index in [1.54, 1.807) is 0 Å². The number of likely N-dealkylation sites (tertiary alicyclic amines) is 1. The van der Waals surface area contributed by atoms with Gasteiger partial charge in [0.15, 0.2) is 0 Å². The Labute approximate surface area is 115 Å². The number of halogens is 2. The van der Waals surface area contributed by atoms with Crippen LogP contribution in [0.1, 0.15) is 33.6 Å². The zero-order valence-corrected chi connectivity index (χ0v) is 12.6. The van der Waals surface area contributed by atoms with Gasteiger partial charge in [0.2, 0.25) is 0 Å². The fourth-order valence-electron chi connectivity index (χ4n) is 2.05. The molecule has 0 bridgehead atoms. The topological polar surface area (TPSA) is 15.3 Å². The third-order valence-corrected chi connectivity index (χ3v) is 3.73. The minimum atomic E-state index is 0.224. The van der Waals surface area contributed by atoms with Gasteiger partial charge in [0.1, 0.15) is 0 Å². The molecule has 1 aliphatic heterocycles. The summed E-state index contributed by atoms with van der Waals surface area (Å²) < 4.78 is 0. The van der Waals surface area contributed by atoms with Crippen molar-refractivity contribution >= 4 is 23.2 Å². The monoisotopic (exact) mass is 278 g/mol. The van der Waals surface area contributed by atoms with Gasteiger partial charge in [-0.1, -0.05) is 23.2 Å². The molecule has 1 fully saturated rings. The van der Waals surface area contributed by atoms with Gasteiger partial charge < -0.3 is 5.32 Å². The van der Waals surface area contributed by atoms with Crippen LogP contribution < -0.4 is 5.32 Å². The summed E-state index contributed by atoms with van der Waals surface area (Å²) in [4.78, 5) is 2.37. The van der Waals surface area contributed by atoms with Crippen molar-refractivity contribution in [3.63, 3.8) is 0 Å². The van der Waals surface area contributed by atoms with Gasteiger partial charge in [-0.25, -0.2) is 0 Å². The normalized spacial score (nSPS) is 20.9. The van der Waals surface area contributed by atoms with Gasteiger partial charge in [-0.05, 0) is 59.2 Å². The summed E-state index contributed by atoms with van der Waals surface area (Å²) in [7, 11) is 0. The molecule has 0 aliphatic carbocycles. The molecule has 100 valence electrons. The Morgan fingerprint density at radius 1 is 1.35 bits per heavy atom. The number of nitrogens with one attached hydrogen (secondary N) is 1. The molecule has 0 spiro atoms. The Morgan fingerprint density at radius 2 is 1.94 bits per heavy atom. The highest BCUT2D eigenvalue weighted by atomic mass is 35.5. The maximum atomic E-state index is 5.93. The van der Waals surface area contributed by atoms with Crippen molar-refractivity contribution in [1.82, 2.24) is 10.2 Å². The minimum Gasteiger partial charge on any atom is -0.312 e. The van der Waals surface area contributed by atoms with Crippen LogP contribution >= 0.6 is 23.2 Å². The van der Waals surface area contributed by atoms with Gasteiger partial charge in [0, 0.05) is 22.7 Å².